The van der Waals surface area contributed by atoms with Crippen LogP contribution in [-0.4, -0.2) is 45.7 Å². The van der Waals surface area contributed by atoms with Crippen LogP contribution in [0.5, 0.6) is 0 Å². The topological polar surface area (TPSA) is 95.1 Å². The lowest BCUT2D eigenvalue weighted by atomic mass is 10.2. The van der Waals surface area contributed by atoms with Crippen molar-refractivity contribution in [3.8, 4) is 0 Å². The van der Waals surface area contributed by atoms with Crippen molar-refractivity contribution in [2.24, 2.45) is 0 Å². The fourth-order valence-corrected chi connectivity index (χ4v) is 2.18. The number of methoxy groups -OCH3 is 1. The quantitative estimate of drug-likeness (QED) is 0.379. The zero-order chi connectivity index (χ0) is 20.6. The van der Waals surface area contributed by atoms with Crippen molar-refractivity contribution in [2.45, 2.75) is 32.6 Å². The van der Waals surface area contributed by atoms with E-state index in [1.165, 1.54) is 6.26 Å². The Morgan fingerprint density at radius 3 is 2.21 bits per heavy atom. The van der Waals surface area contributed by atoms with Gasteiger partial charge >= 0.3 is 12.2 Å². The molecule has 156 valence electrons. The third-order valence-corrected chi connectivity index (χ3v) is 3.70. The van der Waals surface area contributed by atoms with Gasteiger partial charge in [-0.25, -0.2) is 9.59 Å². The minimum absolute atomic E-state index is 0.290. The van der Waals surface area contributed by atoms with Gasteiger partial charge in [-0.1, -0.05) is 12.6 Å². The monoisotopic (exact) mass is 394 g/mol. The Morgan fingerprint density at radius 1 is 0.964 bits per heavy atom. The second kappa shape index (κ2) is 14.3. The molecule has 0 aromatic heterocycles. The molecule has 0 aliphatic carbocycles. The molecule has 8 nitrogen and oxygen atoms in total. The molecule has 2 N–H and O–H groups in total. The number of nitrogens with one attached hydrogen (secondary N) is 2. The van der Waals surface area contributed by atoms with Gasteiger partial charge in [-0.2, -0.15) is 0 Å². The highest BCUT2D eigenvalue weighted by atomic mass is 16.6. The Hall–Kier alpha value is -2.74. The maximum atomic E-state index is 11.9. The van der Waals surface area contributed by atoms with Crippen molar-refractivity contribution in [3.05, 3.63) is 36.6 Å². The van der Waals surface area contributed by atoms with Crippen LogP contribution in [0, 0.1) is 6.92 Å². The second-order valence-corrected chi connectivity index (χ2v) is 6.00. The third-order valence-electron chi connectivity index (χ3n) is 3.70. The largest absolute Gasteiger partial charge is 0.502 e. The molecule has 1 rings (SSSR count). The number of carbonyl (C=O) groups excluding carboxylic acids is 2. The Balaban J connectivity index is 2.39. The van der Waals surface area contributed by atoms with E-state index in [0.717, 1.165) is 24.8 Å². The van der Waals surface area contributed by atoms with Crippen LogP contribution in [0.2, 0.25) is 0 Å². The molecule has 0 fully saturated rings. The van der Waals surface area contributed by atoms with Gasteiger partial charge in [-0.3, -0.25) is 10.6 Å². The van der Waals surface area contributed by atoms with Crippen molar-refractivity contribution in [3.63, 3.8) is 0 Å². The lowest BCUT2D eigenvalue weighted by Gasteiger charge is -2.12. The molecule has 1 aromatic rings. The van der Waals surface area contributed by atoms with Crippen LogP contribution in [0.1, 0.15) is 31.2 Å². The van der Waals surface area contributed by atoms with E-state index in [9.17, 15) is 9.59 Å². The van der Waals surface area contributed by atoms with Crippen molar-refractivity contribution in [1.82, 2.24) is 0 Å². The number of rotatable bonds is 13. The van der Waals surface area contributed by atoms with Crippen molar-refractivity contribution in [1.29, 1.82) is 0 Å². The van der Waals surface area contributed by atoms with E-state index in [2.05, 4.69) is 17.2 Å². The summed E-state index contributed by atoms with van der Waals surface area (Å²) in [6.45, 7) is 7.09. The zero-order valence-electron chi connectivity index (χ0n) is 16.6. The van der Waals surface area contributed by atoms with Gasteiger partial charge in [-0.05, 0) is 50.3 Å². The highest BCUT2D eigenvalue weighted by Gasteiger charge is 2.09. The van der Waals surface area contributed by atoms with Crippen molar-refractivity contribution < 1.29 is 28.5 Å². The standard InChI is InChI=1S/C20H30N2O6/c1-4-26-12-6-8-14-28-20(24)22-18-15-17(10-9-16(18)2)21-19(23)27-13-7-5-11-25-3/h4,9-10,15H,1,5-8,11-14H2,2-3H3,(H,21,23)(H,22,24). The average Bonchev–Trinajstić information content (AvgIpc) is 2.67. The molecular formula is C20H30N2O6. The van der Waals surface area contributed by atoms with Gasteiger partial charge in [-0.15, -0.1) is 0 Å². The molecule has 0 bridgehead atoms. The second-order valence-electron chi connectivity index (χ2n) is 6.00. The Kier molecular flexibility index (Phi) is 11.9. The normalized spacial score (nSPS) is 10.1. The predicted octanol–water partition coefficient (Wildman–Crippen LogP) is 4.46. The number of amides is 2. The molecule has 0 aliphatic rings. The number of hydrogen-bond donors (Lipinski definition) is 2. The van der Waals surface area contributed by atoms with Crippen LogP contribution in [0.25, 0.3) is 0 Å². The number of unbranched alkanes of at least 4 members (excludes halogenated alkanes) is 2. The summed E-state index contributed by atoms with van der Waals surface area (Å²) in [7, 11) is 1.63. The molecule has 0 aliphatic heterocycles. The fourth-order valence-electron chi connectivity index (χ4n) is 2.18. The van der Waals surface area contributed by atoms with Gasteiger partial charge in [0.1, 0.15) is 0 Å². The number of aryl methyl sites for hydroxylation is 1. The molecular weight excluding hydrogens is 364 g/mol. The van der Waals surface area contributed by atoms with E-state index >= 15 is 0 Å². The summed E-state index contributed by atoms with van der Waals surface area (Å²) in [6.07, 6.45) is 3.30. The predicted molar refractivity (Wildman–Crippen MR) is 108 cm³/mol. The van der Waals surface area contributed by atoms with Gasteiger partial charge in [0.25, 0.3) is 0 Å². The summed E-state index contributed by atoms with van der Waals surface area (Å²) in [6, 6.07) is 5.18. The van der Waals surface area contributed by atoms with Crippen LogP contribution in [-0.2, 0) is 18.9 Å². The highest BCUT2D eigenvalue weighted by molar-refractivity contribution is 5.89. The third kappa shape index (κ3) is 10.4. The molecule has 0 radical (unpaired) electrons. The fraction of sp³-hybridized carbons (Fsp3) is 0.500. The first-order valence-electron chi connectivity index (χ1n) is 9.26. The van der Waals surface area contributed by atoms with Crippen molar-refractivity contribution in [2.75, 3.05) is 44.2 Å². The molecule has 8 heteroatoms. The van der Waals surface area contributed by atoms with Gasteiger partial charge in [0, 0.05) is 25.1 Å². The van der Waals surface area contributed by atoms with Gasteiger partial charge in [0.2, 0.25) is 0 Å². The summed E-state index contributed by atoms with van der Waals surface area (Å²) in [5, 5.41) is 5.32. The van der Waals surface area contributed by atoms with Crippen LogP contribution >= 0.6 is 0 Å². The Labute approximate surface area is 166 Å². The summed E-state index contributed by atoms with van der Waals surface area (Å²) >= 11 is 0. The summed E-state index contributed by atoms with van der Waals surface area (Å²) in [5.74, 6) is 0. The molecule has 0 heterocycles. The van der Waals surface area contributed by atoms with E-state index in [0.29, 0.717) is 44.2 Å². The van der Waals surface area contributed by atoms with Gasteiger partial charge in [0.15, 0.2) is 0 Å². The van der Waals surface area contributed by atoms with Gasteiger partial charge < -0.3 is 18.9 Å². The molecule has 0 unspecified atom stereocenters. The smallest absolute Gasteiger partial charge is 0.411 e. The van der Waals surface area contributed by atoms with Crippen LogP contribution in [0.15, 0.2) is 31.0 Å². The summed E-state index contributed by atoms with van der Waals surface area (Å²) in [5.41, 5.74) is 1.91. The van der Waals surface area contributed by atoms with Gasteiger partial charge in [0.05, 0.1) is 26.1 Å². The van der Waals surface area contributed by atoms with Crippen LogP contribution < -0.4 is 10.6 Å². The lowest BCUT2D eigenvalue weighted by Crippen LogP contribution is -2.17. The van der Waals surface area contributed by atoms with Crippen molar-refractivity contribution >= 4 is 23.6 Å². The van der Waals surface area contributed by atoms with E-state index < -0.39 is 12.2 Å². The molecule has 2 amide bonds. The van der Waals surface area contributed by atoms with E-state index in [4.69, 9.17) is 18.9 Å². The Morgan fingerprint density at radius 2 is 1.57 bits per heavy atom. The Bertz CT molecular complexity index is 621. The zero-order valence-corrected chi connectivity index (χ0v) is 16.6. The summed E-state index contributed by atoms with van der Waals surface area (Å²) < 4.78 is 20.2. The van der Waals surface area contributed by atoms with Crippen LogP contribution in [0.3, 0.4) is 0 Å². The summed E-state index contributed by atoms with van der Waals surface area (Å²) in [4.78, 5) is 23.7. The number of hydrogen-bond acceptors (Lipinski definition) is 6. The number of benzene rings is 1. The average molecular weight is 394 g/mol. The molecule has 0 saturated carbocycles. The maximum absolute atomic E-state index is 11.9. The molecule has 0 spiro atoms. The first-order chi connectivity index (χ1) is 13.6. The van der Waals surface area contributed by atoms with E-state index in [-0.39, 0.29) is 0 Å². The number of carbonyl (C=O) groups is 2. The van der Waals surface area contributed by atoms with Crippen LogP contribution in [0.4, 0.5) is 21.0 Å². The maximum Gasteiger partial charge on any atom is 0.411 e. The minimum atomic E-state index is -0.550. The number of anilines is 2. The highest BCUT2D eigenvalue weighted by Crippen LogP contribution is 2.20. The molecule has 0 saturated heterocycles. The minimum Gasteiger partial charge on any atom is -0.502 e. The first kappa shape index (κ1) is 23.3. The van der Waals surface area contributed by atoms with E-state index in [1.54, 1.807) is 25.3 Å². The first-order valence-corrected chi connectivity index (χ1v) is 9.26. The molecule has 1 aromatic carbocycles. The van der Waals surface area contributed by atoms with E-state index in [1.807, 2.05) is 6.92 Å². The SMILES string of the molecule is C=COCCCCOC(=O)Nc1cc(NC(=O)OCCCCOC)ccc1C. The molecule has 28 heavy (non-hydrogen) atoms. The lowest BCUT2D eigenvalue weighted by molar-refractivity contribution is 0.148. The number of ether oxygens (including phenoxy) is 4. The molecule has 0 atom stereocenters.